The summed E-state index contributed by atoms with van der Waals surface area (Å²) in [6.45, 7) is 4.47. The molecule has 0 radical (unpaired) electrons. The molecular formula is C14H21N3O3S. The van der Waals surface area contributed by atoms with Crippen molar-refractivity contribution in [1.29, 1.82) is 0 Å². The highest BCUT2D eigenvalue weighted by molar-refractivity contribution is 7.89. The smallest absolute Gasteiger partial charge is 0.244 e. The second-order valence-electron chi connectivity index (χ2n) is 5.21. The molecule has 2 aromatic heterocycles. The summed E-state index contributed by atoms with van der Waals surface area (Å²) < 4.78 is 33.5. The molecule has 2 aromatic rings. The zero-order valence-electron chi connectivity index (χ0n) is 12.5. The van der Waals surface area contributed by atoms with E-state index in [1.807, 2.05) is 18.4 Å². The molecule has 0 atom stereocenters. The van der Waals surface area contributed by atoms with Gasteiger partial charge in [0, 0.05) is 31.5 Å². The Morgan fingerprint density at radius 3 is 2.62 bits per heavy atom. The number of furan rings is 1. The van der Waals surface area contributed by atoms with E-state index >= 15 is 0 Å². The minimum absolute atomic E-state index is 0.155. The highest BCUT2D eigenvalue weighted by atomic mass is 32.2. The summed E-state index contributed by atoms with van der Waals surface area (Å²) >= 11 is 0. The van der Waals surface area contributed by atoms with Gasteiger partial charge in [0.15, 0.2) is 0 Å². The molecular weight excluding hydrogens is 290 g/mol. The third-order valence-corrected chi connectivity index (χ3v) is 5.11. The Labute approximate surface area is 125 Å². The van der Waals surface area contributed by atoms with Crippen molar-refractivity contribution in [2.45, 2.75) is 37.9 Å². The van der Waals surface area contributed by atoms with E-state index in [0.717, 1.165) is 5.69 Å². The fraction of sp³-hybridized carbons (Fsp3) is 0.429. The summed E-state index contributed by atoms with van der Waals surface area (Å²) in [5.74, 6) is 0.600. The molecule has 0 fully saturated rings. The van der Waals surface area contributed by atoms with Crippen LogP contribution in [0, 0.1) is 0 Å². The highest BCUT2D eigenvalue weighted by Crippen LogP contribution is 2.22. The Kier molecular flexibility index (Phi) is 4.55. The maximum atomic E-state index is 12.6. The number of sulfonamides is 1. The second kappa shape index (κ2) is 6.05. The molecule has 0 bridgehead atoms. The molecule has 7 heteroatoms. The van der Waals surface area contributed by atoms with E-state index < -0.39 is 10.0 Å². The van der Waals surface area contributed by atoms with Gasteiger partial charge in [-0.05, 0) is 32.0 Å². The number of hydrogen-bond acceptors (Lipinski definition) is 4. The fourth-order valence-corrected chi connectivity index (χ4v) is 3.36. The SMILES string of the molecule is CC(C)n1cc(S(=O)(=O)N(C)Cc2ccco2)cc1CN. The van der Waals surface area contributed by atoms with Crippen molar-refractivity contribution in [1.82, 2.24) is 8.87 Å². The summed E-state index contributed by atoms with van der Waals surface area (Å²) in [7, 11) is -2.03. The van der Waals surface area contributed by atoms with E-state index in [0.29, 0.717) is 12.3 Å². The van der Waals surface area contributed by atoms with Gasteiger partial charge < -0.3 is 14.7 Å². The quantitative estimate of drug-likeness (QED) is 0.884. The average molecular weight is 311 g/mol. The van der Waals surface area contributed by atoms with Gasteiger partial charge in [-0.1, -0.05) is 0 Å². The highest BCUT2D eigenvalue weighted by Gasteiger charge is 2.24. The van der Waals surface area contributed by atoms with Crippen LogP contribution in [0.3, 0.4) is 0 Å². The number of nitrogens with zero attached hydrogens (tertiary/aromatic N) is 2. The number of aromatic nitrogens is 1. The van der Waals surface area contributed by atoms with Crippen molar-refractivity contribution >= 4 is 10.0 Å². The Hall–Kier alpha value is -1.57. The van der Waals surface area contributed by atoms with Crippen molar-refractivity contribution < 1.29 is 12.8 Å². The lowest BCUT2D eigenvalue weighted by Crippen LogP contribution is -2.26. The van der Waals surface area contributed by atoms with Crippen molar-refractivity contribution in [2.24, 2.45) is 5.73 Å². The number of rotatable bonds is 6. The van der Waals surface area contributed by atoms with Gasteiger partial charge in [-0.15, -0.1) is 0 Å². The van der Waals surface area contributed by atoms with E-state index in [2.05, 4.69) is 0 Å². The van der Waals surface area contributed by atoms with Crippen LogP contribution in [0.5, 0.6) is 0 Å². The first-order chi connectivity index (χ1) is 9.86. The van der Waals surface area contributed by atoms with Gasteiger partial charge in [0.2, 0.25) is 10.0 Å². The summed E-state index contributed by atoms with van der Waals surface area (Å²) in [5.41, 5.74) is 6.49. The van der Waals surface area contributed by atoms with Crippen LogP contribution >= 0.6 is 0 Å². The van der Waals surface area contributed by atoms with Crippen LogP contribution in [0.4, 0.5) is 0 Å². The molecule has 0 aromatic carbocycles. The van der Waals surface area contributed by atoms with Crippen molar-refractivity contribution in [3.8, 4) is 0 Å². The molecule has 0 saturated carbocycles. The molecule has 2 rings (SSSR count). The van der Waals surface area contributed by atoms with Crippen molar-refractivity contribution in [3.63, 3.8) is 0 Å². The molecule has 116 valence electrons. The molecule has 0 unspecified atom stereocenters. The molecule has 2 heterocycles. The maximum absolute atomic E-state index is 12.6. The Balaban J connectivity index is 2.30. The third kappa shape index (κ3) is 3.20. The molecule has 6 nitrogen and oxygen atoms in total. The van der Waals surface area contributed by atoms with E-state index in [9.17, 15) is 8.42 Å². The van der Waals surface area contributed by atoms with Gasteiger partial charge in [0.1, 0.15) is 10.7 Å². The van der Waals surface area contributed by atoms with Crippen molar-refractivity contribution in [2.75, 3.05) is 7.05 Å². The van der Waals surface area contributed by atoms with E-state index in [1.54, 1.807) is 24.4 Å². The van der Waals surface area contributed by atoms with Gasteiger partial charge >= 0.3 is 0 Å². The summed E-state index contributed by atoms with van der Waals surface area (Å²) in [6, 6.07) is 5.27. The van der Waals surface area contributed by atoms with Gasteiger partial charge in [0.25, 0.3) is 0 Å². The van der Waals surface area contributed by atoms with E-state index in [1.165, 1.54) is 17.6 Å². The fourth-order valence-electron chi connectivity index (χ4n) is 2.17. The van der Waals surface area contributed by atoms with Crippen LogP contribution in [0.15, 0.2) is 40.0 Å². The first kappa shape index (κ1) is 15.8. The molecule has 0 aliphatic heterocycles. The third-order valence-electron chi connectivity index (χ3n) is 3.34. The zero-order valence-corrected chi connectivity index (χ0v) is 13.3. The topological polar surface area (TPSA) is 81.5 Å². The van der Waals surface area contributed by atoms with Crippen LogP contribution < -0.4 is 5.73 Å². The Bertz CT molecular complexity index is 687. The monoisotopic (exact) mass is 311 g/mol. The predicted octanol–water partition coefficient (Wildman–Crippen LogP) is 1.94. The summed E-state index contributed by atoms with van der Waals surface area (Å²) in [5, 5.41) is 0. The molecule has 0 aliphatic rings. The summed E-state index contributed by atoms with van der Waals surface area (Å²) in [6.07, 6.45) is 3.17. The second-order valence-corrected chi connectivity index (χ2v) is 7.26. The largest absolute Gasteiger partial charge is 0.468 e. The van der Waals surface area contributed by atoms with Crippen LogP contribution in [0.1, 0.15) is 31.3 Å². The molecule has 0 saturated heterocycles. The maximum Gasteiger partial charge on any atom is 0.244 e. The minimum Gasteiger partial charge on any atom is -0.468 e. The lowest BCUT2D eigenvalue weighted by atomic mass is 10.3. The van der Waals surface area contributed by atoms with Gasteiger partial charge in [-0.25, -0.2) is 8.42 Å². The van der Waals surface area contributed by atoms with Gasteiger partial charge in [0.05, 0.1) is 12.8 Å². The van der Waals surface area contributed by atoms with Gasteiger partial charge in [-0.2, -0.15) is 4.31 Å². The Morgan fingerprint density at radius 2 is 2.14 bits per heavy atom. The first-order valence-corrected chi connectivity index (χ1v) is 8.19. The normalized spacial score (nSPS) is 12.5. The minimum atomic E-state index is -3.56. The lowest BCUT2D eigenvalue weighted by molar-refractivity contribution is 0.406. The number of nitrogens with two attached hydrogens (primary N) is 1. The number of hydrogen-bond donors (Lipinski definition) is 1. The standard InChI is InChI=1S/C14H21N3O3S/c1-11(2)17-10-14(7-12(17)8-15)21(18,19)16(3)9-13-5-4-6-20-13/h4-7,10-11H,8-9,15H2,1-3H3. The first-order valence-electron chi connectivity index (χ1n) is 6.75. The molecule has 0 amide bonds. The van der Waals surface area contributed by atoms with Gasteiger partial charge in [-0.3, -0.25) is 0 Å². The molecule has 0 spiro atoms. The van der Waals surface area contributed by atoms with E-state index in [4.69, 9.17) is 10.2 Å². The lowest BCUT2D eigenvalue weighted by Gasteiger charge is -2.15. The van der Waals surface area contributed by atoms with Crippen LogP contribution in [-0.2, 0) is 23.1 Å². The molecule has 0 aliphatic carbocycles. The molecule has 2 N–H and O–H groups in total. The average Bonchev–Trinajstić information content (AvgIpc) is 3.06. The zero-order chi connectivity index (χ0) is 15.6. The van der Waals surface area contributed by atoms with Crippen LogP contribution in [0.2, 0.25) is 0 Å². The Morgan fingerprint density at radius 1 is 1.43 bits per heavy atom. The van der Waals surface area contributed by atoms with E-state index in [-0.39, 0.29) is 17.5 Å². The van der Waals surface area contributed by atoms with Crippen LogP contribution in [0.25, 0.3) is 0 Å². The predicted molar refractivity (Wildman–Crippen MR) is 80.1 cm³/mol. The summed E-state index contributed by atoms with van der Waals surface area (Å²) in [4.78, 5) is 0.255. The van der Waals surface area contributed by atoms with Crippen molar-refractivity contribution in [3.05, 3.63) is 42.1 Å². The molecule has 21 heavy (non-hydrogen) atoms. The van der Waals surface area contributed by atoms with Crippen LogP contribution in [-0.4, -0.2) is 24.3 Å².